The normalized spacial score (nSPS) is 10.9. The van der Waals surface area contributed by atoms with Crippen molar-refractivity contribution in [3.63, 3.8) is 0 Å². The van der Waals surface area contributed by atoms with Crippen LogP contribution in [0.3, 0.4) is 0 Å². The van der Waals surface area contributed by atoms with E-state index in [2.05, 4.69) is 20.4 Å². The summed E-state index contributed by atoms with van der Waals surface area (Å²) in [5.74, 6) is 0.525. The van der Waals surface area contributed by atoms with E-state index in [0.717, 1.165) is 16.7 Å². The molecule has 0 atom stereocenters. The number of hydrogen-bond acceptors (Lipinski definition) is 6. The molecule has 7 nitrogen and oxygen atoms in total. The summed E-state index contributed by atoms with van der Waals surface area (Å²) in [5.41, 5.74) is 2.24. The van der Waals surface area contributed by atoms with Crippen LogP contribution in [-0.4, -0.2) is 38.5 Å². The molecule has 0 saturated heterocycles. The van der Waals surface area contributed by atoms with E-state index in [-0.39, 0.29) is 17.5 Å². The van der Waals surface area contributed by atoms with Gasteiger partial charge in [0.15, 0.2) is 5.65 Å². The molecule has 0 spiro atoms. The summed E-state index contributed by atoms with van der Waals surface area (Å²) in [6.07, 6.45) is 3.08. The molecule has 2 aromatic carbocycles. The Morgan fingerprint density at radius 2 is 2.03 bits per heavy atom. The van der Waals surface area contributed by atoms with Crippen molar-refractivity contribution in [2.75, 3.05) is 12.9 Å². The van der Waals surface area contributed by atoms with Crippen molar-refractivity contribution in [3.05, 3.63) is 72.4 Å². The van der Waals surface area contributed by atoms with Crippen molar-refractivity contribution in [1.82, 2.24) is 25.1 Å². The predicted octanol–water partition coefficient (Wildman–Crippen LogP) is 3.37. The number of carbonyl (C=O) groups is 1. The molecule has 1 amide bonds. The zero-order chi connectivity index (χ0) is 20.9. The maximum atomic E-state index is 13.2. The third kappa shape index (κ3) is 4.41. The fraction of sp³-hybridized carbons (Fsp3) is 0.143. The van der Waals surface area contributed by atoms with Crippen LogP contribution in [0.1, 0.15) is 5.56 Å². The second-order valence-corrected chi connectivity index (χ2v) is 7.33. The highest BCUT2D eigenvalue weighted by Crippen LogP contribution is 2.25. The largest absolute Gasteiger partial charge is 0.497 e. The highest BCUT2D eigenvalue weighted by molar-refractivity contribution is 8.00. The number of methoxy groups -OCH3 is 1. The van der Waals surface area contributed by atoms with Gasteiger partial charge in [-0.3, -0.25) is 4.79 Å². The van der Waals surface area contributed by atoms with E-state index in [1.165, 1.54) is 30.2 Å². The number of thioether (sulfide) groups is 1. The SMILES string of the molecule is COc1cccc(CNC(=O)CSc2ncnc3c2cnn3-c2ccc(F)cc2)c1. The molecular formula is C21H18FN5O2S. The van der Waals surface area contributed by atoms with Crippen LogP contribution in [0.5, 0.6) is 5.75 Å². The highest BCUT2D eigenvalue weighted by atomic mass is 32.2. The molecule has 2 heterocycles. The van der Waals surface area contributed by atoms with Gasteiger partial charge in [0.05, 0.1) is 30.1 Å². The second-order valence-electron chi connectivity index (χ2n) is 6.37. The summed E-state index contributed by atoms with van der Waals surface area (Å²) in [5, 5.41) is 8.62. The maximum Gasteiger partial charge on any atom is 0.230 e. The van der Waals surface area contributed by atoms with Crippen LogP contribution in [0.2, 0.25) is 0 Å². The van der Waals surface area contributed by atoms with Gasteiger partial charge in [0.25, 0.3) is 0 Å². The zero-order valence-electron chi connectivity index (χ0n) is 16.1. The van der Waals surface area contributed by atoms with Crippen LogP contribution < -0.4 is 10.1 Å². The first kappa shape index (κ1) is 19.8. The van der Waals surface area contributed by atoms with Crippen molar-refractivity contribution in [1.29, 1.82) is 0 Å². The maximum absolute atomic E-state index is 13.2. The van der Waals surface area contributed by atoms with E-state index in [1.54, 1.807) is 30.1 Å². The van der Waals surface area contributed by atoms with E-state index < -0.39 is 0 Å². The molecule has 152 valence electrons. The summed E-state index contributed by atoms with van der Waals surface area (Å²) in [4.78, 5) is 20.8. The van der Waals surface area contributed by atoms with E-state index in [1.807, 2.05) is 24.3 Å². The molecule has 0 bridgehead atoms. The molecule has 4 rings (SSSR count). The van der Waals surface area contributed by atoms with Crippen molar-refractivity contribution in [3.8, 4) is 11.4 Å². The van der Waals surface area contributed by atoms with Crippen LogP contribution in [0.25, 0.3) is 16.7 Å². The lowest BCUT2D eigenvalue weighted by molar-refractivity contribution is -0.118. The fourth-order valence-corrected chi connectivity index (χ4v) is 3.67. The molecular weight excluding hydrogens is 405 g/mol. The molecule has 9 heteroatoms. The summed E-state index contributed by atoms with van der Waals surface area (Å²) < 4.78 is 20.0. The monoisotopic (exact) mass is 423 g/mol. The van der Waals surface area contributed by atoms with Gasteiger partial charge in [0.1, 0.15) is 22.9 Å². The van der Waals surface area contributed by atoms with Gasteiger partial charge in [-0.15, -0.1) is 0 Å². The molecule has 0 aliphatic carbocycles. The predicted molar refractivity (Wildman–Crippen MR) is 112 cm³/mol. The van der Waals surface area contributed by atoms with Crippen molar-refractivity contribution >= 4 is 28.7 Å². The standard InChI is InChI=1S/C21H18FN5O2S/c1-29-17-4-2-3-14(9-17)10-23-19(28)12-30-21-18-11-26-27(20(18)24-13-25-21)16-7-5-15(22)6-8-16/h2-9,11,13H,10,12H2,1H3,(H,23,28). The van der Waals surface area contributed by atoms with Crippen LogP contribution in [0.15, 0.2) is 66.1 Å². The number of hydrogen-bond donors (Lipinski definition) is 1. The van der Waals surface area contributed by atoms with E-state index in [9.17, 15) is 9.18 Å². The minimum Gasteiger partial charge on any atom is -0.497 e. The van der Waals surface area contributed by atoms with Gasteiger partial charge in [0, 0.05) is 6.54 Å². The number of nitrogens with one attached hydrogen (secondary N) is 1. The Morgan fingerprint density at radius 3 is 2.83 bits per heavy atom. The van der Waals surface area contributed by atoms with Gasteiger partial charge in [-0.25, -0.2) is 19.0 Å². The first-order valence-electron chi connectivity index (χ1n) is 9.11. The van der Waals surface area contributed by atoms with Gasteiger partial charge in [-0.05, 0) is 42.0 Å². The zero-order valence-corrected chi connectivity index (χ0v) is 16.9. The molecule has 0 saturated carbocycles. The molecule has 0 fully saturated rings. The first-order valence-corrected chi connectivity index (χ1v) is 10.1. The number of amides is 1. The average molecular weight is 423 g/mol. The number of halogens is 1. The summed E-state index contributed by atoms with van der Waals surface area (Å²) in [6.45, 7) is 0.415. The Kier molecular flexibility index (Phi) is 5.89. The van der Waals surface area contributed by atoms with Gasteiger partial charge in [-0.1, -0.05) is 23.9 Å². The lowest BCUT2D eigenvalue weighted by Crippen LogP contribution is -2.24. The van der Waals surface area contributed by atoms with Crippen LogP contribution in [0, 0.1) is 5.82 Å². The summed E-state index contributed by atoms with van der Waals surface area (Å²) in [6, 6.07) is 13.5. The topological polar surface area (TPSA) is 81.9 Å². The van der Waals surface area contributed by atoms with Crippen molar-refractivity contribution < 1.29 is 13.9 Å². The molecule has 0 unspecified atom stereocenters. The van der Waals surface area contributed by atoms with Gasteiger partial charge in [0.2, 0.25) is 5.91 Å². The summed E-state index contributed by atoms with van der Waals surface area (Å²) in [7, 11) is 1.61. The third-order valence-corrected chi connectivity index (χ3v) is 5.37. The minimum absolute atomic E-state index is 0.111. The van der Waals surface area contributed by atoms with Crippen LogP contribution >= 0.6 is 11.8 Å². The number of ether oxygens (including phenoxy) is 1. The first-order chi connectivity index (χ1) is 14.6. The van der Waals surface area contributed by atoms with E-state index >= 15 is 0 Å². The Hall–Kier alpha value is -3.46. The molecule has 30 heavy (non-hydrogen) atoms. The number of nitrogens with zero attached hydrogens (tertiary/aromatic N) is 4. The summed E-state index contributed by atoms with van der Waals surface area (Å²) >= 11 is 1.31. The second kappa shape index (κ2) is 8.91. The molecule has 0 aliphatic rings. The number of benzene rings is 2. The molecule has 2 aromatic heterocycles. The van der Waals surface area contributed by atoms with Crippen LogP contribution in [-0.2, 0) is 11.3 Å². The lowest BCUT2D eigenvalue weighted by atomic mass is 10.2. The van der Waals surface area contributed by atoms with Gasteiger partial charge >= 0.3 is 0 Å². The Balaban J connectivity index is 1.42. The quantitative estimate of drug-likeness (QED) is 0.363. The number of carbonyl (C=O) groups excluding carboxylic acids is 1. The Bertz CT molecular complexity index is 1180. The minimum atomic E-state index is -0.318. The third-order valence-electron chi connectivity index (χ3n) is 4.36. The smallest absolute Gasteiger partial charge is 0.230 e. The molecule has 1 N–H and O–H groups in total. The number of fused-ring (bicyclic) bond motifs is 1. The van der Waals surface area contributed by atoms with Gasteiger partial charge in [-0.2, -0.15) is 5.10 Å². The molecule has 0 radical (unpaired) electrons. The van der Waals surface area contributed by atoms with E-state index in [4.69, 9.17) is 4.74 Å². The highest BCUT2D eigenvalue weighted by Gasteiger charge is 2.13. The van der Waals surface area contributed by atoms with Gasteiger partial charge < -0.3 is 10.1 Å². The Morgan fingerprint density at radius 1 is 1.20 bits per heavy atom. The van der Waals surface area contributed by atoms with Crippen molar-refractivity contribution in [2.45, 2.75) is 11.6 Å². The molecule has 0 aliphatic heterocycles. The van der Waals surface area contributed by atoms with E-state index in [0.29, 0.717) is 22.9 Å². The fourth-order valence-electron chi connectivity index (χ4n) is 2.88. The van der Waals surface area contributed by atoms with Crippen LogP contribution in [0.4, 0.5) is 4.39 Å². The number of rotatable bonds is 7. The van der Waals surface area contributed by atoms with Crippen molar-refractivity contribution in [2.24, 2.45) is 0 Å². The molecule has 4 aromatic rings. The lowest BCUT2D eigenvalue weighted by Gasteiger charge is -2.07. The average Bonchev–Trinajstić information content (AvgIpc) is 3.21. The Labute approximate surface area is 176 Å². The number of aromatic nitrogens is 4.